The Labute approximate surface area is 194 Å². The molecule has 1 aliphatic rings. The van der Waals surface area contributed by atoms with Crippen LogP contribution < -0.4 is 5.56 Å². The predicted molar refractivity (Wildman–Crippen MR) is 126 cm³/mol. The van der Waals surface area contributed by atoms with Crippen molar-refractivity contribution >= 4 is 46.1 Å². The molecule has 1 aromatic heterocycles. The minimum absolute atomic E-state index is 0.0693. The Hall–Kier alpha value is -4.16. The maximum Gasteiger partial charge on any atom is 0.337 e. The summed E-state index contributed by atoms with van der Waals surface area (Å²) in [7, 11) is 0. The number of hydrogen-bond acceptors (Lipinski definition) is 7. The van der Waals surface area contributed by atoms with Crippen LogP contribution in [0.5, 0.6) is 0 Å². The van der Waals surface area contributed by atoms with Gasteiger partial charge in [-0.2, -0.15) is 5.26 Å². The summed E-state index contributed by atoms with van der Waals surface area (Å²) in [6.07, 6.45) is 1.92. The number of aromatic amines is 1. The molecule has 0 fully saturated rings. The molecule has 2 atom stereocenters. The van der Waals surface area contributed by atoms with E-state index in [9.17, 15) is 14.9 Å². The zero-order valence-corrected chi connectivity index (χ0v) is 18.3. The Morgan fingerprint density at radius 2 is 1.97 bits per heavy atom. The van der Waals surface area contributed by atoms with E-state index in [1.165, 1.54) is 12.2 Å². The number of rotatable bonds is 5. The molecule has 0 saturated heterocycles. The molecule has 4 rings (SSSR count). The van der Waals surface area contributed by atoms with Crippen LogP contribution >= 0.6 is 12.2 Å². The van der Waals surface area contributed by atoms with Gasteiger partial charge in [0.05, 0.1) is 23.6 Å². The number of ether oxygens (including phenoxy) is 2. The molecule has 0 saturated carbocycles. The van der Waals surface area contributed by atoms with Gasteiger partial charge in [0.25, 0.3) is 5.56 Å². The molecule has 3 aromatic rings. The fraction of sp³-hybridized carbons (Fsp3) is 0.167. The normalized spacial score (nSPS) is 20.2. The van der Waals surface area contributed by atoms with E-state index in [-0.39, 0.29) is 28.9 Å². The van der Waals surface area contributed by atoms with Crippen LogP contribution in [-0.4, -0.2) is 33.4 Å². The van der Waals surface area contributed by atoms with Crippen molar-refractivity contribution in [2.24, 2.45) is 10.4 Å². The van der Waals surface area contributed by atoms with Crippen LogP contribution in [0.3, 0.4) is 0 Å². The molecule has 33 heavy (non-hydrogen) atoms. The third kappa shape index (κ3) is 4.04. The van der Waals surface area contributed by atoms with E-state index in [1.807, 2.05) is 6.07 Å². The standard InChI is InChI=1S/C24H18N4O4S/c1-2-31-23(30)24(14-25)20(15-8-4-3-5-9-15)32-19(28-22(24)33)13-12-18-26-17-11-7-6-10-16(17)21(29)27-18/h3-13,20H,2H2,1H3,(H,26,27,29)/b13-12-. The van der Waals surface area contributed by atoms with Gasteiger partial charge in [-0.05, 0) is 30.7 Å². The maximum absolute atomic E-state index is 12.8. The number of nitrogens with one attached hydrogen (secondary N) is 1. The largest absolute Gasteiger partial charge is 0.467 e. The van der Waals surface area contributed by atoms with Crippen molar-refractivity contribution in [2.75, 3.05) is 6.61 Å². The summed E-state index contributed by atoms with van der Waals surface area (Å²) in [5, 5.41) is 10.5. The number of fused-ring (bicyclic) bond motifs is 1. The van der Waals surface area contributed by atoms with Gasteiger partial charge in [0, 0.05) is 6.08 Å². The zero-order valence-electron chi connectivity index (χ0n) is 17.5. The number of para-hydroxylation sites is 1. The first kappa shape index (κ1) is 22.0. The first-order chi connectivity index (χ1) is 16.0. The van der Waals surface area contributed by atoms with Crippen LogP contribution in [0, 0.1) is 16.7 Å². The Balaban J connectivity index is 1.75. The molecule has 0 aliphatic carbocycles. The van der Waals surface area contributed by atoms with Gasteiger partial charge in [-0.25, -0.2) is 14.8 Å². The summed E-state index contributed by atoms with van der Waals surface area (Å²) < 4.78 is 11.1. The highest BCUT2D eigenvalue weighted by molar-refractivity contribution is 7.80. The van der Waals surface area contributed by atoms with Crippen LogP contribution in [0.2, 0.25) is 0 Å². The van der Waals surface area contributed by atoms with Gasteiger partial charge in [0.1, 0.15) is 10.8 Å². The van der Waals surface area contributed by atoms with Crippen molar-refractivity contribution in [1.29, 1.82) is 5.26 Å². The molecule has 0 spiro atoms. The van der Waals surface area contributed by atoms with Gasteiger partial charge in [0.15, 0.2) is 6.10 Å². The van der Waals surface area contributed by atoms with Crippen molar-refractivity contribution in [1.82, 2.24) is 9.97 Å². The van der Waals surface area contributed by atoms with E-state index >= 15 is 0 Å². The summed E-state index contributed by atoms with van der Waals surface area (Å²) in [6.45, 7) is 1.71. The molecule has 1 aliphatic heterocycles. The highest BCUT2D eigenvalue weighted by Gasteiger charge is 2.56. The molecular weight excluding hydrogens is 440 g/mol. The Morgan fingerprint density at radius 3 is 2.70 bits per heavy atom. The number of nitriles is 1. The SMILES string of the molecule is CCOC(=O)C1(C#N)C(=S)N=C(/C=C\c2nc3ccccc3c(=O)[nH]2)OC1c1ccccc1. The van der Waals surface area contributed by atoms with E-state index in [4.69, 9.17) is 21.7 Å². The second-order valence-corrected chi connectivity index (χ2v) is 7.49. The topological polar surface area (TPSA) is 117 Å². The first-order valence-corrected chi connectivity index (χ1v) is 10.5. The molecule has 2 heterocycles. The minimum Gasteiger partial charge on any atom is -0.467 e. The predicted octanol–water partition coefficient (Wildman–Crippen LogP) is 3.51. The number of hydrogen-bond donors (Lipinski definition) is 1. The lowest BCUT2D eigenvalue weighted by atomic mass is 9.79. The number of nitrogens with zero attached hydrogens (tertiary/aromatic N) is 3. The molecule has 0 radical (unpaired) electrons. The van der Waals surface area contributed by atoms with Crippen LogP contribution in [0.1, 0.15) is 24.4 Å². The molecule has 2 unspecified atom stereocenters. The van der Waals surface area contributed by atoms with Crippen molar-refractivity contribution < 1.29 is 14.3 Å². The molecule has 2 aromatic carbocycles. The molecule has 0 bridgehead atoms. The van der Waals surface area contributed by atoms with E-state index in [2.05, 4.69) is 15.0 Å². The quantitative estimate of drug-likeness (QED) is 0.459. The number of carbonyl (C=O) groups excluding carboxylic acids is 1. The molecule has 8 nitrogen and oxygen atoms in total. The number of carbonyl (C=O) groups is 1. The van der Waals surface area contributed by atoms with E-state index < -0.39 is 17.5 Å². The highest BCUT2D eigenvalue weighted by atomic mass is 32.1. The van der Waals surface area contributed by atoms with Crippen molar-refractivity contribution in [3.05, 3.63) is 82.4 Å². The number of aromatic nitrogens is 2. The van der Waals surface area contributed by atoms with Crippen molar-refractivity contribution in [3.8, 4) is 6.07 Å². The summed E-state index contributed by atoms with van der Waals surface area (Å²) >= 11 is 5.40. The van der Waals surface area contributed by atoms with Gasteiger partial charge in [-0.1, -0.05) is 54.7 Å². The van der Waals surface area contributed by atoms with Crippen molar-refractivity contribution in [2.45, 2.75) is 13.0 Å². The fourth-order valence-electron chi connectivity index (χ4n) is 3.48. The van der Waals surface area contributed by atoms with E-state index in [0.29, 0.717) is 16.5 Å². The van der Waals surface area contributed by atoms with Gasteiger partial charge in [-0.3, -0.25) is 4.79 Å². The number of thiocarbonyl (C=S) groups is 1. The molecule has 9 heteroatoms. The Bertz CT molecular complexity index is 1390. The summed E-state index contributed by atoms with van der Waals surface area (Å²) in [5.41, 5.74) is -1.10. The first-order valence-electron chi connectivity index (χ1n) is 10.1. The number of aliphatic imine (C=N–C) groups is 1. The molecule has 0 amide bonds. The van der Waals surface area contributed by atoms with Crippen LogP contribution in [0.25, 0.3) is 17.0 Å². The molecule has 164 valence electrons. The zero-order chi connectivity index (χ0) is 23.4. The molecule has 1 N–H and O–H groups in total. The van der Waals surface area contributed by atoms with Gasteiger partial charge < -0.3 is 14.5 Å². The van der Waals surface area contributed by atoms with E-state index in [1.54, 1.807) is 61.5 Å². The lowest BCUT2D eigenvalue weighted by Gasteiger charge is -2.35. The Kier molecular flexibility index (Phi) is 6.11. The second kappa shape index (κ2) is 9.14. The fourth-order valence-corrected chi connectivity index (χ4v) is 3.81. The summed E-state index contributed by atoms with van der Waals surface area (Å²) in [4.78, 5) is 36.2. The number of esters is 1. The summed E-state index contributed by atoms with van der Waals surface area (Å²) in [5.74, 6) is -0.465. The monoisotopic (exact) mass is 458 g/mol. The Morgan fingerprint density at radius 1 is 1.24 bits per heavy atom. The average molecular weight is 458 g/mol. The lowest BCUT2D eigenvalue weighted by Crippen LogP contribution is -2.47. The lowest BCUT2D eigenvalue weighted by molar-refractivity contribution is -0.153. The summed E-state index contributed by atoms with van der Waals surface area (Å²) in [6, 6.07) is 17.7. The minimum atomic E-state index is -1.92. The van der Waals surface area contributed by atoms with Crippen LogP contribution in [0.15, 0.2) is 70.5 Å². The third-order valence-corrected chi connectivity index (χ3v) is 5.49. The van der Waals surface area contributed by atoms with E-state index in [0.717, 1.165) is 0 Å². The number of benzene rings is 2. The van der Waals surface area contributed by atoms with Gasteiger partial charge in [0.2, 0.25) is 11.3 Å². The molecular formula is C24H18N4O4S. The van der Waals surface area contributed by atoms with Crippen molar-refractivity contribution in [3.63, 3.8) is 0 Å². The highest BCUT2D eigenvalue weighted by Crippen LogP contribution is 2.43. The van der Waals surface area contributed by atoms with Gasteiger partial charge in [-0.15, -0.1) is 0 Å². The third-order valence-electron chi connectivity index (χ3n) is 5.07. The second-order valence-electron chi connectivity index (χ2n) is 7.11. The van der Waals surface area contributed by atoms with Crippen LogP contribution in [-0.2, 0) is 14.3 Å². The smallest absolute Gasteiger partial charge is 0.337 e. The average Bonchev–Trinajstić information content (AvgIpc) is 2.83. The maximum atomic E-state index is 12.8. The number of H-pyrrole nitrogens is 1. The van der Waals surface area contributed by atoms with Gasteiger partial charge >= 0.3 is 5.97 Å². The van der Waals surface area contributed by atoms with Crippen LogP contribution in [0.4, 0.5) is 0 Å².